The minimum absolute atomic E-state index is 0.00535. The number of carboxylic acids is 1. The molecule has 3 aromatic rings. The van der Waals surface area contributed by atoms with Crippen LogP contribution in [0.25, 0.3) is 10.9 Å². The van der Waals surface area contributed by atoms with Gasteiger partial charge in [0, 0.05) is 35.7 Å². The first kappa shape index (κ1) is 28.9. The highest BCUT2D eigenvalue weighted by Gasteiger charge is 2.38. The van der Waals surface area contributed by atoms with Crippen molar-refractivity contribution in [2.45, 2.75) is 37.3 Å². The molecule has 15 heteroatoms. The summed E-state index contributed by atoms with van der Waals surface area (Å²) < 4.78 is 51.2. The van der Waals surface area contributed by atoms with Crippen molar-refractivity contribution in [1.29, 1.82) is 5.26 Å². The van der Waals surface area contributed by atoms with Gasteiger partial charge in [-0.2, -0.15) is 18.4 Å². The van der Waals surface area contributed by atoms with Crippen LogP contribution in [0.15, 0.2) is 48.7 Å². The summed E-state index contributed by atoms with van der Waals surface area (Å²) in [4.78, 5) is 36.2. The molecule has 206 valence electrons. The number of hydrogen-bond acceptors (Lipinski definition) is 7. The van der Waals surface area contributed by atoms with E-state index in [1.807, 2.05) is 12.1 Å². The average Bonchev–Trinajstić information content (AvgIpc) is 3.46. The number of nitrogens with two attached hydrogens (primary N) is 1. The van der Waals surface area contributed by atoms with Crippen molar-refractivity contribution in [2.24, 2.45) is 5.73 Å². The van der Waals surface area contributed by atoms with Gasteiger partial charge in [0.1, 0.15) is 23.7 Å². The first-order valence-electron chi connectivity index (χ1n) is 11.2. The van der Waals surface area contributed by atoms with Crippen LogP contribution in [0.5, 0.6) is 11.5 Å². The third-order valence-corrected chi connectivity index (χ3v) is 5.70. The largest absolute Gasteiger partial charge is 0.490 e. The van der Waals surface area contributed by atoms with Gasteiger partial charge in [0.25, 0.3) is 5.69 Å². The number of carbonyl (C=O) groups excluding carboxylic acids is 1. The van der Waals surface area contributed by atoms with Crippen molar-refractivity contribution in [2.75, 3.05) is 6.54 Å². The molecule has 0 radical (unpaired) electrons. The van der Waals surface area contributed by atoms with Gasteiger partial charge in [0.05, 0.1) is 23.6 Å². The molecule has 2 heterocycles. The maximum atomic E-state index is 13.7. The number of aliphatic carboxylic acids is 1. The third kappa shape index (κ3) is 7.20. The molecule has 1 unspecified atom stereocenters. The summed E-state index contributed by atoms with van der Waals surface area (Å²) in [7, 11) is 0. The van der Waals surface area contributed by atoms with Gasteiger partial charge in [-0.1, -0.05) is 0 Å². The van der Waals surface area contributed by atoms with E-state index in [0.717, 1.165) is 16.5 Å². The first-order chi connectivity index (χ1) is 18.3. The molecule has 1 amide bonds. The number of amides is 1. The topological polar surface area (TPSA) is 176 Å². The van der Waals surface area contributed by atoms with Crippen molar-refractivity contribution >= 4 is 28.5 Å². The second kappa shape index (κ2) is 11.8. The highest BCUT2D eigenvalue weighted by Crippen LogP contribution is 2.29. The lowest BCUT2D eigenvalue weighted by atomic mass is 10.0. The molecule has 1 fully saturated rings. The molecule has 3 atom stereocenters. The summed E-state index contributed by atoms with van der Waals surface area (Å²) in [6, 6.07) is 11.3. The van der Waals surface area contributed by atoms with Crippen LogP contribution in [0.3, 0.4) is 0 Å². The standard InChI is InChI=1S/C22H20FN5O4.C2HF3O2/c23-14-8-16(10-24)27(12-14)22(29)20(25)7-13-11-26-21-6-5-18(9-19(13)21)32-17-3-1-15(2-4-17)28(30)31;3-2(4,5)1(6)7/h1-6,9,11,14,16,20,26H,7-8,12,25H2;(H,6,7)/t14?,16-,20-;/m0./s1. The lowest BCUT2D eigenvalue weighted by molar-refractivity contribution is -0.384. The number of nitro groups is 1. The molecule has 39 heavy (non-hydrogen) atoms. The summed E-state index contributed by atoms with van der Waals surface area (Å²) >= 11 is 0. The number of halogens is 4. The number of likely N-dealkylation sites (tertiary alicyclic amines) is 1. The Hall–Kier alpha value is -4.71. The second-order valence-electron chi connectivity index (χ2n) is 8.46. The van der Waals surface area contributed by atoms with E-state index in [4.69, 9.17) is 20.4 Å². The average molecular weight is 551 g/mol. The number of rotatable bonds is 6. The summed E-state index contributed by atoms with van der Waals surface area (Å²) in [6.45, 7) is -0.119. The van der Waals surface area contributed by atoms with Crippen molar-refractivity contribution in [1.82, 2.24) is 9.88 Å². The summed E-state index contributed by atoms with van der Waals surface area (Å²) in [6.07, 6.45) is -4.35. The number of carbonyl (C=O) groups is 2. The number of H-pyrrole nitrogens is 1. The fourth-order valence-corrected chi connectivity index (χ4v) is 3.85. The van der Waals surface area contributed by atoms with Crippen LogP contribution in [0.1, 0.15) is 12.0 Å². The highest BCUT2D eigenvalue weighted by molar-refractivity contribution is 5.87. The van der Waals surface area contributed by atoms with E-state index in [0.29, 0.717) is 11.5 Å². The Bertz CT molecular complexity index is 1400. The van der Waals surface area contributed by atoms with Crippen molar-refractivity contribution in [3.8, 4) is 17.6 Å². The molecule has 1 aliphatic rings. The summed E-state index contributed by atoms with van der Waals surface area (Å²) in [5, 5.41) is 27.9. The van der Waals surface area contributed by atoms with Gasteiger partial charge < -0.3 is 25.5 Å². The minimum atomic E-state index is -5.08. The number of aromatic amines is 1. The van der Waals surface area contributed by atoms with Gasteiger partial charge in [-0.05, 0) is 42.3 Å². The summed E-state index contributed by atoms with van der Waals surface area (Å²) in [5.41, 5.74) is 7.68. The Morgan fingerprint density at radius 3 is 2.44 bits per heavy atom. The highest BCUT2D eigenvalue weighted by atomic mass is 19.4. The van der Waals surface area contributed by atoms with Crippen LogP contribution in [-0.4, -0.2) is 62.8 Å². The maximum Gasteiger partial charge on any atom is 0.490 e. The second-order valence-corrected chi connectivity index (χ2v) is 8.46. The molecule has 4 rings (SSSR count). The number of carboxylic acid groups (broad SMARTS) is 1. The summed E-state index contributed by atoms with van der Waals surface area (Å²) in [5.74, 6) is -2.26. The SMILES string of the molecule is N#C[C@@H]1CC(F)CN1C(=O)[C@@H](N)Cc1c[nH]c2ccc(Oc3ccc([N+](=O)[O-])cc3)cc12.O=C(O)C(F)(F)F. The fraction of sp³-hybridized carbons (Fsp3) is 0.292. The third-order valence-electron chi connectivity index (χ3n) is 5.70. The predicted molar refractivity (Wildman–Crippen MR) is 127 cm³/mol. The number of ether oxygens (including phenoxy) is 1. The number of nitrogens with one attached hydrogen (secondary N) is 1. The Labute approximate surface area is 217 Å². The number of nitrogens with zero attached hydrogens (tertiary/aromatic N) is 3. The zero-order chi connectivity index (χ0) is 28.9. The van der Waals surface area contributed by atoms with Gasteiger partial charge >= 0.3 is 12.1 Å². The van der Waals surface area contributed by atoms with Gasteiger partial charge in [-0.15, -0.1) is 0 Å². The van der Waals surface area contributed by atoms with Crippen LogP contribution < -0.4 is 10.5 Å². The van der Waals surface area contributed by atoms with Gasteiger partial charge in [-0.25, -0.2) is 9.18 Å². The van der Waals surface area contributed by atoms with Crippen molar-refractivity contribution in [3.63, 3.8) is 0 Å². The molecule has 1 saturated heterocycles. The van der Waals surface area contributed by atoms with Crippen LogP contribution in [0.2, 0.25) is 0 Å². The normalized spacial score (nSPS) is 17.6. The number of nitriles is 1. The van der Waals surface area contributed by atoms with E-state index >= 15 is 0 Å². The minimum Gasteiger partial charge on any atom is -0.475 e. The van der Waals surface area contributed by atoms with Crippen LogP contribution in [0.4, 0.5) is 23.2 Å². The van der Waals surface area contributed by atoms with Gasteiger partial charge in [0.15, 0.2) is 0 Å². The molecule has 0 spiro atoms. The molecule has 0 saturated carbocycles. The number of non-ortho nitro benzene ring substituents is 1. The van der Waals surface area contributed by atoms with Gasteiger partial charge in [0.2, 0.25) is 5.91 Å². The molecule has 1 aromatic heterocycles. The van der Waals surface area contributed by atoms with E-state index in [-0.39, 0.29) is 25.1 Å². The molecule has 11 nitrogen and oxygen atoms in total. The molecule has 1 aliphatic heterocycles. The van der Waals surface area contributed by atoms with E-state index in [9.17, 15) is 37.7 Å². The van der Waals surface area contributed by atoms with E-state index in [1.54, 1.807) is 18.3 Å². The van der Waals surface area contributed by atoms with Crippen LogP contribution in [-0.2, 0) is 16.0 Å². The maximum absolute atomic E-state index is 13.7. The Morgan fingerprint density at radius 1 is 1.26 bits per heavy atom. The number of hydrogen-bond donors (Lipinski definition) is 3. The van der Waals surface area contributed by atoms with E-state index < -0.39 is 41.2 Å². The molecule has 0 bridgehead atoms. The fourth-order valence-electron chi connectivity index (χ4n) is 3.85. The van der Waals surface area contributed by atoms with E-state index in [2.05, 4.69) is 4.98 Å². The van der Waals surface area contributed by atoms with Crippen molar-refractivity contribution < 1.29 is 41.9 Å². The molecule has 0 aliphatic carbocycles. The van der Waals surface area contributed by atoms with Gasteiger partial charge in [-0.3, -0.25) is 14.9 Å². The molecular formula is C24H21F4N5O6. The Kier molecular flexibility index (Phi) is 8.71. The lowest BCUT2D eigenvalue weighted by Gasteiger charge is -2.23. The molecule has 2 aromatic carbocycles. The first-order valence-corrected chi connectivity index (χ1v) is 11.2. The number of aromatic nitrogens is 1. The van der Waals surface area contributed by atoms with Crippen LogP contribution >= 0.6 is 0 Å². The number of fused-ring (bicyclic) bond motifs is 1. The monoisotopic (exact) mass is 551 g/mol. The Morgan fingerprint density at radius 2 is 1.87 bits per heavy atom. The lowest BCUT2D eigenvalue weighted by Crippen LogP contribution is -2.46. The molecule has 4 N–H and O–H groups in total. The van der Waals surface area contributed by atoms with E-state index in [1.165, 1.54) is 29.2 Å². The van der Waals surface area contributed by atoms with Crippen LogP contribution in [0, 0.1) is 21.4 Å². The van der Waals surface area contributed by atoms with Crippen molar-refractivity contribution in [3.05, 3.63) is 64.3 Å². The quantitative estimate of drug-likeness (QED) is 0.235. The zero-order valence-corrected chi connectivity index (χ0v) is 19.9. The number of nitro benzene ring substituents is 1. The Balaban J connectivity index is 0.000000532. The zero-order valence-electron chi connectivity index (χ0n) is 19.9. The predicted octanol–water partition coefficient (Wildman–Crippen LogP) is 3.83. The molecular weight excluding hydrogens is 530 g/mol. The number of benzene rings is 2. The smallest absolute Gasteiger partial charge is 0.475 e. The number of alkyl halides is 4.